The van der Waals surface area contributed by atoms with Gasteiger partial charge in [0.15, 0.2) is 0 Å². The first-order valence-corrected chi connectivity index (χ1v) is 8.18. The number of nitrogens with zero attached hydrogens (tertiary/aromatic N) is 3. The number of halogens is 1. The van der Waals surface area contributed by atoms with E-state index in [0.29, 0.717) is 0 Å². The Hall–Kier alpha value is -0.580. The van der Waals surface area contributed by atoms with Crippen molar-refractivity contribution in [2.24, 2.45) is 5.92 Å². The third-order valence-electron chi connectivity index (χ3n) is 4.25. The summed E-state index contributed by atoms with van der Waals surface area (Å²) in [6.07, 6.45) is 2.58. The Kier molecular flexibility index (Phi) is 5.87. The molecule has 4 nitrogen and oxygen atoms in total. The third-order valence-corrected chi connectivity index (χ3v) is 4.74. The van der Waals surface area contributed by atoms with Gasteiger partial charge in [0, 0.05) is 19.6 Å². The highest BCUT2D eigenvalue weighted by atomic mass is 35.5. The number of rotatable bonds is 6. The highest BCUT2D eigenvalue weighted by molar-refractivity contribution is 6.31. The minimum absolute atomic E-state index is 0.814. The van der Waals surface area contributed by atoms with Crippen LogP contribution in [0.3, 0.4) is 0 Å². The molecule has 1 fully saturated rings. The molecule has 2 rings (SSSR count). The van der Waals surface area contributed by atoms with Crippen LogP contribution in [0.5, 0.6) is 0 Å². The second-order valence-electron chi connectivity index (χ2n) is 5.68. The third kappa shape index (κ3) is 3.74. The van der Waals surface area contributed by atoms with E-state index in [0.717, 1.165) is 49.4 Å². The van der Waals surface area contributed by atoms with E-state index in [1.165, 1.54) is 25.1 Å². The molecule has 0 aliphatic carbocycles. The van der Waals surface area contributed by atoms with E-state index in [4.69, 9.17) is 11.6 Å². The van der Waals surface area contributed by atoms with Crippen LogP contribution in [-0.2, 0) is 13.1 Å². The lowest BCUT2D eigenvalue weighted by atomic mass is 9.97. The monoisotopic (exact) mass is 298 g/mol. The number of nitrogens with one attached hydrogen (secondary N) is 1. The highest BCUT2D eigenvalue weighted by Gasteiger charge is 2.19. The summed E-state index contributed by atoms with van der Waals surface area (Å²) < 4.78 is 2.04. The molecule has 5 heteroatoms. The summed E-state index contributed by atoms with van der Waals surface area (Å²) in [6, 6.07) is 0. The van der Waals surface area contributed by atoms with Crippen LogP contribution in [-0.4, -0.2) is 40.9 Å². The summed E-state index contributed by atoms with van der Waals surface area (Å²) in [5.74, 6) is 0.814. The van der Waals surface area contributed by atoms with E-state index in [1.807, 2.05) is 11.6 Å². The van der Waals surface area contributed by atoms with Crippen molar-refractivity contribution in [3.05, 3.63) is 16.4 Å². The Morgan fingerprint density at radius 3 is 2.65 bits per heavy atom. The van der Waals surface area contributed by atoms with Gasteiger partial charge < -0.3 is 5.32 Å². The number of aryl methyl sites for hydroxylation is 2. The second-order valence-corrected chi connectivity index (χ2v) is 6.06. The van der Waals surface area contributed by atoms with Crippen molar-refractivity contribution in [2.75, 3.05) is 26.2 Å². The summed E-state index contributed by atoms with van der Waals surface area (Å²) in [6.45, 7) is 12.7. The molecule has 1 aliphatic rings. The maximum Gasteiger partial charge on any atom is 0.0860 e. The van der Waals surface area contributed by atoms with Crippen molar-refractivity contribution in [3.8, 4) is 0 Å². The molecule has 20 heavy (non-hydrogen) atoms. The van der Waals surface area contributed by atoms with Crippen LogP contribution in [0, 0.1) is 12.8 Å². The van der Waals surface area contributed by atoms with Crippen molar-refractivity contribution in [3.63, 3.8) is 0 Å². The molecule has 1 saturated heterocycles. The van der Waals surface area contributed by atoms with E-state index in [9.17, 15) is 0 Å². The molecule has 1 N–H and O–H groups in total. The lowest BCUT2D eigenvalue weighted by Crippen LogP contribution is -2.36. The highest BCUT2D eigenvalue weighted by Crippen LogP contribution is 2.23. The topological polar surface area (TPSA) is 33.1 Å². The fourth-order valence-electron chi connectivity index (χ4n) is 2.97. The van der Waals surface area contributed by atoms with Crippen LogP contribution in [0.4, 0.5) is 0 Å². The number of aromatic nitrogens is 2. The molecular weight excluding hydrogens is 272 g/mol. The molecule has 0 atom stereocenters. The summed E-state index contributed by atoms with van der Waals surface area (Å²) >= 11 is 6.42. The van der Waals surface area contributed by atoms with Crippen LogP contribution in [0.1, 0.15) is 38.1 Å². The zero-order valence-corrected chi connectivity index (χ0v) is 13.7. The van der Waals surface area contributed by atoms with Gasteiger partial charge in [-0.2, -0.15) is 5.10 Å². The van der Waals surface area contributed by atoms with Crippen LogP contribution in [0.2, 0.25) is 5.02 Å². The summed E-state index contributed by atoms with van der Waals surface area (Å²) in [7, 11) is 0. The van der Waals surface area contributed by atoms with Gasteiger partial charge in [-0.3, -0.25) is 9.58 Å². The van der Waals surface area contributed by atoms with Crippen molar-refractivity contribution in [1.82, 2.24) is 20.0 Å². The van der Waals surface area contributed by atoms with Crippen LogP contribution in [0.15, 0.2) is 0 Å². The Morgan fingerprint density at radius 1 is 1.35 bits per heavy atom. The number of hydrogen-bond acceptors (Lipinski definition) is 3. The van der Waals surface area contributed by atoms with Gasteiger partial charge in [0.1, 0.15) is 0 Å². The van der Waals surface area contributed by atoms with Crippen molar-refractivity contribution >= 4 is 11.6 Å². The molecule has 1 aromatic heterocycles. The average molecular weight is 299 g/mol. The lowest BCUT2D eigenvalue weighted by Gasteiger charge is -2.29. The van der Waals surface area contributed by atoms with E-state index in [1.54, 1.807) is 0 Å². The van der Waals surface area contributed by atoms with E-state index >= 15 is 0 Å². The van der Waals surface area contributed by atoms with Gasteiger partial charge in [0.25, 0.3) is 0 Å². The van der Waals surface area contributed by atoms with Gasteiger partial charge in [-0.25, -0.2) is 0 Å². The molecule has 114 valence electrons. The quantitative estimate of drug-likeness (QED) is 0.876. The van der Waals surface area contributed by atoms with Crippen LogP contribution >= 0.6 is 11.6 Å². The fraction of sp³-hybridized carbons (Fsp3) is 0.800. The number of piperidine rings is 1. The molecule has 0 radical (unpaired) electrons. The van der Waals surface area contributed by atoms with Gasteiger partial charge in [0.05, 0.1) is 16.4 Å². The fourth-order valence-corrected chi connectivity index (χ4v) is 3.16. The van der Waals surface area contributed by atoms with E-state index in [2.05, 4.69) is 29.2 Å². The van der Waals surface area contributed by atoms with E-state index in [-0.39, 0.29) is 0 Å². The van der Waals surface area contributed by atoms with Crippen molar-refractivity contribution in [1.29, 1.82) is 0 Å². The van der Waals surface area contributed by atoms with Gasteiger partial charge in [-0.1, -0.05) is 18.5 Å². The molecule has 0 unspecified atom stereocenters. The van der Waals surface area contributed by atoms with Gasteiger partial charge in [-0.15, -0.1) is 0 Å². The zero-order valence-electron chi connectivity index (χ0n) is 13.0. The molecule has 0 bridgehead atoms. The Balaban J connectivity index is 2.02. The average Bonchev–Trinajstić information content (AvgIpc) is 2.75. The first-order chi connectivity index (χ1) is 9.65. The molecule has 2 heterocycles. The Bertz CT molecular complexity index is 424. The van der Waals surface area contributed by atoms with Gasteiger partial charge in [-0.05, 0) is 52.2 Å². The van der Waals surface area contributed by atoms with Gasteiger partial charge in [0.2, 0.25) is 0 Å². The standard InChI is InChI=1S/C15H27ClN4/c1-4-19(10-13-6-8-17-9-7-13)11-14-15(16)12(3)18-20(14)5-2/h13,17H,4-11H2,1-3H3. The van der Waals surface area contributed by atoms with Crippen molar-refractivity contribution < 1.29 is 0 Å². The summed E-state index contributed by atoms with van der Waals surface area (Å²) in [5, 5.41) is 8.79. The minimum atomic E-state index is 0.814. The second kappa shape index (κ2) is 7.43. The molecule has 1 aromatic rings. The lowest BCUT2D eigenvalue weighted by molar-refractivity contribution is 0.202. The first kappa shape index (κ1) is 15.8. The van der Waals surface area contributed by atoms with Crippen LogP contribution < -0.4 is 5.32 Å². The van der Waals surface area contributed by atoms with Crippen LogP contribution in [0.25, 0.3) is 0 Å². The molecule has 1 aliphatic heterocycles. The normalized spacial score (nSPS) is 17.1. The summed E-state index contributed by atoms with van der Waals surface area (Å²) in [5.41, 5.74) is 2.11. The van der Waals surface area contributed by atoms with Gasteiger partial charge >= 0.3 is 0 Å². The molecule has 0 aromatic carbocycles. The Labute approximate surface area is 127 Å². The number of hydrogen-bond donors (Lipinski definition) is 1. The molecular formula is C15H27ClN4. The SMILES string of the molecule is CCN(Cc1c(Cl)c(C)nn1CC)CC1CCNCC1. The maximum atomic E-state index is 6.42. The first-order valence-electron chi connectivity index (χ1n) is 7.80. The Morgan fingerprint density at radius 2 is 2.05 bits per heavy atom. The zero-order chi connectivity index (χ0) is 14.5. The predicted molar refractivity (Wildman–Crippen MR) is 84.2 cm³/mol. The smallest absolute Gasteiger partial charge is 0.0860 e. The molecule has 0 saturated carbocycles. The summed E-state index contributed by atoms with van der Waals surface area (Å²) in [4.78, 5) is 2.50. The maximum absolute atomic E-state index is 6.42. The molecule has 0 spiro atoms. The van der Waals surface area contributed by atoms with Crippen molar-refractivity contribution in [2.45, 2.75) is 46.7 Å². The predicted octanol–water partition coefficient (Wildman–Crippen LogP) is 2.69. The minimum Gasteiger partial charge on any atom is -0.317 e. The molecule has 0 amide bonds. The largest absolute Gasteiger partial charge is 0.317 e. The van der Waals surface area contributed by atoms with E-state index < -0.39 is 0 Å².